The molecule has 0 aliphatic carbocycles. The first-order chi connectivity index (χ1) is 26.8. The number of carbonyl (C=O) groups excluding carboxylic acids is 2. The van der Waals surface area contributed by atoms with Crippen LogP contribution < -0.4 is 5.32 Å². The molecule has 0 fully saturated rings. The molecule has 3 N–H and O–H groups in total. The average molecular weight is 800 g/mol. The summed E-state index contributed by atoms with van der Waals surface area (Å²) < 4.78 is 26.9. The monoisotopic (exact) mass is 800 g/mol. The maximum Gasteiger partial charge on any atom is 0.472 e. The molecule has 0 aromatic carbocycles. The molecule has 0 aromatic rings. The van der Waals surface area contributed by atoms with Gasteiger partial charge >= 0.3 is 13.8 Å². The Kier molecular flexibility index (Phi) is 40.9. The highest BCUT2D eigenvalue weighted by Gasteiger charge is 2.23. The van der Waals surface area contributed by atoms with Crippen molar-refractivity contribution in [2.24, 2.45) is 0 Å². The zero-order valence-corrected chi connectivity index (χ0v) is 36.5. The quantitative estimate of drug-likeness (QED) is 0.0240. The highest BCUT2D eigenvalue weighted by atomic mass is 31.2. The Morgan fingerprint density at radius 3 is 1.47 bits per heavy atom. The number of nitrogens with one attached hydrogen (secondary N) is 1. The molecule has 0 saturated heterocycles. The second-order valence-electron chi connectivity index (χ2n) is 15.4. The number of phosphoric acid groups is 1. The molecule has 9 nitrogen and oxygen atoms in total. The molecule has 0 aliphatic heterocycles. The highest BCUT2D eigenvalue weighted by molar-refractivity contribution is 7.47. The van der Waals surface area contributed by atoms with E-state index in [1.807, 2.05) is 0 Å². The summed E-state index contributed by atoms with van der Waals surface area (Å²) in [5, 5.41) is 12.7. The molecule has 0 radical (unpaired) electrons. The van der Waals surface area contributed by atoms with Gasteiger partial charge < -0.3 is 20.1 Å². The number of esters is 1. The molecular formula is C45H86NO8P. The van der Waals surface area contributed by atoms with Crippen molar-refractivity contribution in [2.75, 3.05) is 26.4 Å². The number of allylic oxidation sites excluding steroid dienone is 4. The van der Waals surface area contributed by atoms with Crippen LogP contribution in [0, 0.1) is 0 Å². The summed E-state index contributed by atoms with van der Waals surface area (Å²) >= 11 is 0. The molecule has 10 heteroatoms. The highest BCUT2D eigenvalue weighted by Crippen LogP contribution is 2.42. The second-order valence-corrected chi connectivity index (χ2v) is 16.8. The molecule has 324 valence electrons. The van der Waals surface area contributed by atoms with Crippen LogP contribution in [0.2, 0.25) is 0 Å². The fraction of sp³-hybridized carbons (Fsp3) is 0.867. The molecule has 2 unspecified atom stereocenters. The van der Waals surface area contributed by atoms with E-state index in [0.29, 0.717) is 6.42 Å². The standard InChI is InChI=1S/C45H86NO8P/c1-3-5-7-9-11-13-15-17-19-21-22-24-26-28-30-32-34-36-38-45(49)52-41-43(47)42-54-55(50,51)53-40-39-46-44(48)37-35-33-31-29-27-25-23-20-18-16-14-12-10-8-6-4-2/h13,15,19,21,43,47H,3-12,14,16-18,20,22-42H2,1-2H3,(H,46,48)(H,50,51)/b15-13-,21-19-. The second kappa shape index (κ2) is 42.1. The van der Waals surface area contributed by atoms with E-state index in [0.717, 1.165) is 57.8 Å². The number of aliphatic hydroxyl groups is 1. The Labute approximate surface area is 338 Å². The van der Waals surface area contributed by atoms with E-state index in [-0.39, 0.29) is 32.1 Å². The van der Waals surface area contributed by atoms with Crippen LogP contribution in [-0.4, -0.2) is 54.3 Å². The van der Waals surface area contributed by atoms with Crippen LogP contribution in [0.25, 0.3) is 0 Å². The minimum atomic E-state index is -4.42. The first kappa shape index (κ1) is 53.5. The van der Waals surface area contributed by atoms with Crippen molar-refractivity contribution in [3.63, 3.8) is 0 Å². The first-order valence-electron chi connectivity index (χ1n) is 22.8. The number of hydrogen-bond donors (Lipinski definition) is 3. The third kappa shape index (κ3) is 43.5. The summed E-state index contributed by atoms with van der Waals surface area (Å²) in [6, 6.07) is 0. The number of rotatable bonds is 43. The number of unbranched alkanes of at least 4 members (excludes halogenated alkanes) is 26. The number of amides is 1. The molecule has 1 amide bonds. The minimum absolute atomic E-state index is 0.0843. The van der Waals surface area contributed by atoms with Gasteiger partial charge in [-0.3, -0.25) is 18.6 Å². The van der Waals surface area contributed by atoms with E-state index >= 15 is 0 Å². The van der Waals surface area contributed by atoms with Crippen molar-refractivity contribution in [3.8, 4) is 0 Å². The summed E-state index contributed by atoms with van der Waals surface area (Å²) in [4.78, 5) is 33.9. The SMILES string of the molecule is CCCCCC/C=C\C/C=C\CCCCCCCCCC(=O)OCC(O)COP(=O)(O)OCCNC(=O)CCCCCCCCCCCCCCCCCC. The summed E-state index contributed by atoms with van der Waals surface area (Å²) in [6.07, 6.45) is 45.3. The van der Waals surface area contributed by atoms with Crippen LogP contribution in [0.1, 0.15) is 219 Å². The minimum Gasteiger partial charge on any atom is -0.463 e. The number of aliphatic hydroxyl groups excluding tert-OH is 1. The number of phosphoric ester groups is 1. The fourth-order valence-corrected chi connectivity index (χ4v) is 7.17. The maximum atomic E-state index is 12.1. The first-order valence-corrected chi connectivity index (χ1v) is 24.3. The van der Waals surface area contributed by atoms with Crippen LogP contribution in [0.3, 0.4) is 0 Å². The molecule has 0 aliphatic rings. The van der Waals surface area contributed by atoms with E-state index in [9.17, 15) is 24.2 Å². The molecule has 0 rings (SSSR count). The van der Waals surface area contributed by atoms with Crippen LogP contribution in [0.4, 0.5) is 0 Å². The lowest BCUT2D eigenvalue weighted by molar-refractivity contribution is -0.147. The van der Waals surface area contributed by atoms with Gasteiger partial charge in [-0.15, -0.1) is 0 Å². The molecule has 0 bridgehead atoms. The van der Waals surface area contributed by atoms with Gasteiger partial charge in [0.1, 0.15) is 12.7 Å². The smallest absolute Gasteiger partial charge is 0.463 e. The van der Waals surface area contributed by atoms with Gasteiger partial charge in [0.2, 0.25) is 5.91 Å². The van der Waals surface area contributed by atoms with Crippen LogP contribution in [0.5, 0.6) is 0 Å². The van der Waals surface area contributed by atoms with Gasteiger partial charge in [0.05, 0.1) is 13.2 Å². The predicted molar refractivity (Wildman–Crippen MR) is 229 cm³/mol. The van der Waals surface area contributed by atoms with Gasteiger partial charge in [-0.05, 0) is 44.9 Å². The zero-order chi connectivity index (χ0) is 40.3. The molecule has 55 heavy (non-hydrogen) atoms. The van der Waals surface area contributed by atoms with Crippen LogP contribution in [0.15, 0.2) is 24.3 Å². The number of carbonyl (C=O) groups is 2. The summed E-state index contributed by atoms with van der Waals surface area (Å²) in [6.45, 7) is 3.56. The third-order valence-electron chi connectivity index (χ3n) is 9.88. The number of hydrogen-bond acceptors (Lipinski definition) is 7. The predicted octanol–water partition coefficient (Wildman–Crippen LogP) is 12.8. The Bertz CT molecular complexity index is 959. The van der Waals surface area contributed by atoms with Crippen molar-refractivity contribution < 1.29 is 37.9 Å². The molecule has 2 atom stereocenters. The summed E-state index contributed by atoms with van der Waals surface area (Å²) in [5.41, 5.74) is 0. The van der Waals surface area contributed by atoms with Crippen molar-refractivity contribution in [1.29, 1.82) is 0 Å². The topological polar surface area (TPSA) is 131 Å². The van der Waals surface area contributed by atoms with Gasteiger partial charge in [-0.2, -0.15) is 0 Å². The Balaban J connectivity index is 3.58. The van der Waals surface area contributed by atoms with Crippen molar-refractivity contribution >= 4 is 19.7 Å². The van der Waals surface area contributed by atoms with Crippen LogP contribution in [-0.2, 0) is 27.9 Å². The molecular weight excluding hydrogens is 713 g/mol. The summed E-state index contributed by atoms with van der Waals surface area (Å²) in [7, 11) is -4.42. The third-order valence-corrected chi connectivity index (χ3v) is 10.9. The van der Waals surface area contributed by atoms with Gasteiger partial charge in [0.25, 0.3) is 0 Å². The molecule has 0 heterocycles. The lowest BCUT2D eigenvalue weighted by Crippen LogP contribution is -2.27. The molecule has 0 saturated carbocycles. The van der Waals surface area contributed by atoms with E-state index < -0.39 is 26.5 Å². The largest absolute Gasteiger partial charge is 0.472 e. The lowest BCUT2D eigenvalue weighted by Gasteiger charge is -2.15. The fourth-order valence-electron chi connectivity index (χ4n) is 6.41. The van der Waals surface area contributed by atoms with E-state index in [2.05, 4.69) is 43.5 Å². The average Bonchev–Trinajstić information content (AvgIpc) is 3.17. The van der Waals surface area contributed by atoms with E-state index in [4.69, 9.17) is 13.8 Å². The van der Waals surface area contributed by atoms with Crippen LogP contribution >= 0.6 is 7.82 Å². The van der Waals surface area contributed by atoms with Gasteiger partial charge in [0.15, 0.2) is 0 Å². The molecule has 0 aromatic heterocycles. The molecule has 0 spiro atoms. The Hall–Kier alpha value is -1.51. The Morgan fingerprint density at radius 2 is 0.982 bits per heavy atom. The maximum absolute atomic E-state index is 12.1. The van der Waals surface area contributed by atoms with E-state index in [1.54, 1.807) is 0 Å². The number of ether oxygens (including phenoxy) is 1. The van der Waals surface area contributed by atoms with Crippen molar-refractivity contribution in [1.82, 2.24) is 5.32 Å². The van der Waals surface area contributed by atoms with E-state index in [1.165, 1.54) is 135 Å². The van der Waals surface area contributed by atoms with Crippen molar-refractivity contribution in [3.05, 3.63) is 24.3 Å². The zero-order valence-electron chi connectivity index (χ0n) is 35.6. The van der Waals surface area contributed by atoms with Gasteiger partial charge in [-0.25, -0.2) is 4.57 Å². The lowest BCUT2D eigenvalue weighted by atomic mass is 10.0. The van der Waals surface area contributed by atoms with Crippen molar-refractivity contribution in [2.45, 2.75) is 225 Å². The summed E-state index contributed by atoms with van der Waals surface area (Å²) in [5.74, 6) is -0.517. The Morgan fingerprint density at radius 1 is 0.564 bits per heavy atom. The van der Waals surface area contributed by atoms with Gasteiger partial charge in [0, 0.05) is 19.4 Å². The van der Waals surface area contributed by atoms with Gasteiger partial charge in [-0.1, -0.05) is 186 Å². The normalized spacial score (nSPS) is 13.5.